The van der Waals surface area contributed by atoms with Gasteiger partial charge < -0.3 is 15.6 Å². The molecule has 7 heteroatoms. The molecule has 2 heterocycles. The van der Waals surface area contributed by atoms with E-state index in [1.165, 1.54) is 0 Å². The topological polar surface area (TPSA) is 87.6 Å². The van der Waals surface area contributed by atoms with Crippen LogP contribution in [0.25, 0.3) is 0 Å². The van der Waals surface area contributed by atoms with E-state index in [0.29, 0.717) is 12.6 Å². The third-order valence-electron chi connectivity index (χ3n) is 2.90. The van der Waals surface area contributed by atoms with Crippen molar-refractivity contribution in [3.05, 3.63) is 30.6 Å². The summed E-state index contributed by atoms with van der Waals surface area (Å²) in [4.78, 5) is 18.7. The molecule has 2 aromatic heterocycles. The lowest BCUT2D eigenvalue weighted by atomic mass is 10.5. The van der Waals surface area contributed by atoms with Crippen LogP contribution >= 0.6 is 0 Å². The fourth-order valence-electron chi connectivity index (χ4n) is 1.77. The zero-order valence-electron chi connectivity index (χ0n) is 10.5. The molecule has 2 aromatic rings. The van der Waals surface area contributed by atoms with Crippen LogP contribution in [0.1, 0.15) is 18.7 Å². The molecule has 3 N–H and O–H groups in total. The number of carbonyl (C=O) groups is 1. The van der Waals surface area contributed by atoms with Gasteiger partial charge in [-0.2, -0.15) is 5.10 Å². The summed E-state index contributed by atoms with van der Waals surface area (Å²) in [6, 6.07) is 0.389. The summed E-state index contributed by atoms with van der Waals surface area (Å²) in [5.41, 5.74) is 0.871. The molecule has 0 atom stereocenters. The second kappa shape index (κ2) is 5.13. The molecule has 19 heavy (non-hydrogen) atoms. The lowest BCUT2D eigenvalue weighted by Crippen LogP contribution is -2.29. The van der Waals surface area contributed by atoms with Crippen molar-refractivity contribution in [3.63, 3.8) is 0 Å². The Labute approximate surface area is 110 Å². The first-order chi connectivity index (χ1) is 9.29. The van der Waals surface area contributed by atoms with Crippen LogP contribution in [0.4, 0.5) is 5.69 Å². The van der Waals surface area contributed by atoms with Crippen molar-refractivity contribution >= 4 is 11.6 Å². The average molecular weight is 260 g/mol. The van der Waals surface area contributed by atoms with Gasteiger partial charge in [0, 0.05) is 24.6 Å². The highest BCUT2D eigenvalue weighted by atomic mass is 16.2. The largest absolute Gasteiger partial charge is 0.375 e. The Morgan fingerprint density at radius 3 is 3.16 bits per heavy atom. The third kappa shape index (κ3) is 3.34. The number of hydrogen-bond acceptors (Lipinski definition) is 4. The summed E-state index contributed by atoms with van der Waals surface area (Å²) < 4.78 is 1.63. The molecule has 3 rings (SSSR count). The predicted octanol–water partition coefficient (Wildman–Crippen LogP) is 0.497. The number of imidazole rings is 1. The minimum Gasteiger partial charge on any atom is -0.375 e. The molecular weight excluding hydrogens is 244 g/mol. The quantitative estimate of drug-likeness (QED) is 0.705. The predicted molar refractivity (Wildman–Crippen MR) is 69.3 cm³/mol. The maximum absolute atomic E-state index is 11.6. The zero-order valence-corrected chi connectivity index (χ0v) is 10.5. The van der Waals surface area contributed by atoms with Gasteiger partial charge in [-0.3, -0.25) is 9.48 Å². The van der Waals surface area contributed by atoms with Crippen molar-refractivity contribution < 1.29 is 4.79 Å². The van der Waals surface area contributed by atoms with Gasteiger partial charge in [0.2, 0.25) is 5.91 Å². The lowest BCUT2D eigenvalue weighted by Gasteiger charge is -2.03. The van der Waals surface area contributed by atoms with Crippen LogP contribution in [-0.2, 0) is 17.9 Å². The Kier molecular flexibility index (Phi) is 3.18. The Morgan fingerprint density at radius 2 is 2.42 bits per heavy atom. The van der Waals surface area contributed by atoms with Gasteiger partial charge in [-0.1, -0.05) is 0 Å². The molecule has 0 aromatic carbocycles. The number of amides is 1. The van der Waals surface area contributed by atoms with E-state index in [2.05, 4.69) is 25.7 Å². The van der Waals surface area contributed by atoms with Gasteiger partial charge in [0.25, 0.3) is 0 Å². The van der Waals surface area contributed by atoms with Crippen molar-refractivity contribution in [1.82, 2.24) is 25.1 Å². The molecule has 1 aliphatic carbocycles. The monoisotopic (exact) mass is 260 g/mol. The van der Waals surface area contributed by atoms with Crippen molar-refractivity contribution in [2.75, 3.05) is 5.32 Å². The molecular formula is C12H16N6O. The number of nitrogens with zero attached hydrogens (tertiary/aromatic N) is 3. The number of carbonyl (C=O) groups excluding carboxylic acids is 1. The van der Waals surface area contributed by atoms with Crippen LogP contribution in [0, 0.1) is 0 Å². The van der Waals surface area contributed by atoms with E-state index in [4.69, 9.17) is 0 Å². The van der Waals surface area contributed by atoms with E-state index >= 15 is 0 Å². The smallest absolute Gasteiger partial charge is 0.241 e. The lowest BCUT2D eigenvalue weighted by molar-refractivity contribution is -0.122. The molecule has 0 saturated heterocycles. The van der Waals surface area contributed by atoms with E-state index in [1.54, 1.807) is 23.3 Å². The van der Waals surface area contributed by atoms with Gasteiger partial charge in [-0.25, -0.2) is 4.98 Å². The zero-order chi connectivity index (χ0) is 13.1. The average Bonchev–Trinajstić information content (AvgIpc) is 2.91. The molecule has 1 saturated carbocycles. The fourth-order valence-corrected chi connectivity index (χ4v) is 1.77. The van der Waals surface area contributed by atoms with Crippen LogP contribution in [0.3, 0.4) is 0 Å². The first-order valence-corrected chi connectivity index (χ1v) is 6.33. The molecule has 0 unspecified atom stereocenters. The number of H-pyrrole nitrogens is 1. The Balaban J connectivity index is 1.49. The highest BCUT2D eigenvalue weighted by Gasteiger charge is 2.23. The van der Waals surface area contributed by atoms with Crippen molar-refractivity contribution in [3.8, 4) is 0 Å². The summed E-state index contributed by atoms with van der Waals surface area (Å²) in [5, 5.41) is 10.3. The molecule has 0 aliphatic heterocycles. The molecule has 0 spiro atoms. The molecule has 1 fully saturated rings. The van der Waals surface area contributed by atoms with Crippen LogP contribution < -0.4 is 10.6 Å². The summed E-state index contributed by atoms with van der Waals surface area (Å²) in [6.07, 6.45) is 9.20. The molecule has 0 radical (unpaired) electrons. The van der Waals surface area contributed by atoms with Gasteiger partial charge in [-0.15, -0.1) is 0 Å². The normalized spacial score (nSPS) is 14.3. The molecule has 100 valence electrons. The van der Waals surface area contributed by atoms with Gasteiger partial charge >= 0.3 is 0 Å². The molecule has 0 bridgehead atoms. The van der Waals surface area contributed by atoms with E-state index < -0.39 is 0 Å². The number of aromatic amines is 1. The van der Waals surface area contributed by atoms with Crippen LogP contribution in [0.2, 0.25) is 0 Å². The van der Waals surface area contributed by atoms with Gasteiger partial charge in [0.15, 0.2) is 0 Å². The second-order valence-electron chi connectivity index (χ2n) is 4.66. The minimum atomic E-state index is 0.0168. The van der Waals surface area contributed by atoms with Crippen molar-refractivity contribution in [2.45, 2.75) is 32.0 Å². The van der Waals surface area contributed by atoms with Crippen molar-refractivity contribution in [2.24, 2.45) is 0 Å². The third-order valence-corrected chi connectivity index (χ3v) is 2.90. The maximum Gasteiger partial charge on any atom is 0.241 e. The summed E-state index contributed by atoms with van der Waals surface area (Å²) in [6.45, 7) is 0.867. The number of rotatable bonds is 6. The van der Waals surface area contributed by atoms with Gasteiger partial charge in [0.1, 0.15) is 12.4 Å². The van der Waals surface area contributed by atoms with Crippen LogP contribution in [0.5, 0.6) is 0 Å². The minimum absolute atomic E-state index is 0.0168. The summed E-state index contributed by atoms with van der Waals surface area (Å²) >= 11 is 0. The molecule has 1 amide bonds. The molecule has 1 aliphatic rings. The Bertz CT molecular complexity index is 542. The standard InChI is InChI=1S/C12H16N6O/c19-12(17-9-1-2-9)8-18-7-10(5-16-18)15-6-11-13-3-4-14-11/h3-5,7,9,15H,1-2,6,8H2,(H,13,14)(H,17,19). The molecule has 7 nitrogen and oxygen atoms in total. The maximum atomic E-state index is 11.6. The first kappa shape index (κ1) is 11.8. The van der Waals surface area contributed by atoms with Crippen LogP contribution in [0.15, 0.2) is 24.8 Å². The number of hydrogen-bond donors (Lipinski definition) is 3. The van der Waals surface area contributed by atoms with Crippen molar-refractivity contribution in [1.29, 1.82) is 0 Å². The van der Waals surface area contributed by atoms with Crippen LogP contribution in [-0.4, -0.2) is 31.7 Å². The summed E-state index contributed by atoms with van der Waals surface area (Å²) in [5.74, 6) is 0.877. The fraction of sp³-hybridized carbons (Fsp3) is 0.417. The van der Waals surface area contributed by atoms with E-state index in [9.17, 15) is 4.79 Å². The highest BCUT2D eigenvalue weighted by molar-refractivity contribution is 5.76. The first-order valence-electron chi connectivity index (χ1n) is 6.33. The van der Waals surface area contributed by atoms with E-state index in [0.717, 1.165) is 24.4 Å². The van der Waals surface area contributed by atoms with E-state index in [-0.39, 0.29) is 12.5 Å². The highest BCUT2D eigenvalue weighted by Crippen LogP contribution is 2.18. The van der Waals surface area contributed by atoms with E-state index in [1.807, 2.05) is 6.20 Å². The second-order valence-corrected chi connectivity index (χ2v) is 4.66. The van der Waals surface area contributed by atoms with Gasteiger partial charge in [0.05, 0.1) is 18.4 Å². The number of anilines is 1. The number of aromatic nitrogens is 4. The SMILES string of the molecule is O=C(Cn1cc(NCc2ncc[nH]2)cn1)NC1CC1. The summed E-state index contributed by atoms with van der Waals surface area (Å²) in [7, 11) is 0. The Hall–Kier alpha value is -2.31. The number of nitrogens with one attached hydrogen (secondary N) is 3. The Morgan fingerprint density at radius 1 is 1.53 bits per heavy atom. The van der Waals surface area contributed by atoms with Gasteiger partial charge in [-0.05, 0) is 12.8 Å².